The maximum absolute atomic E-state index is 10.7. The van der Waals surface area contributed by atoms with Crippen LogP contribution in [0.15, 0.2) is 42.0 Å². The molecule has 1 aromatic rings. The smallest absolute Gasteiger partial charge is 0.330 e. The minimum atomic E-state index is -0.862. The molecule has 2 nitrogen and oxygen atoms in total. The van der Waals surface area contributed by atoms with E-state index in [0.717, 1.165) is 5.56 Å². The van der Waals surface area contributed by atoms with E-state index in [2.05, 4.69) is 0 Å². The molecule has 0 saturated carbocycles. The van der Waals surface area contributed by atoms with Crippen LogP contribution in [0.4, 0.5) is 0 Å². The molecule has 0 aliphatic carbocycles. The lowest BCUT2D eigenvalue weighted by Crippen LogP contribution is -2.15. The number of carboxylic acids is 1. The number of allylic oxidation sites excluding steroid dienone is 1. The number of carbonyl (C=O) groups is 1. The topological polar surface area (TPSA) is 37.3 Å². The van der Waals surface area contributed by atoms with E-state index in [1.165, 1.54) is 0 Å². The monoisotopic (exact) mass is 204 g/mol. The second-order valence-corrected chi connectivity index (χ2v) is 4.22. The van der Waals surface area contributed by atoms with Crippen molar-refractivity contribution in [1.82, 2.24) is 0 Å². The molecule has 2 heteroatoms. The summed E-state index contributed by atoms with van der Waals surface area (Å²) in [6.07, 6.45) is 1.78. The number of carboxylic acid groups (broad SMARTS) is 1. The highest BCUT2D eigenvalue weighted by atomic mass is 16.4. The molecule has 0 radical (unpaired) electrons. The van der Waals surface area contributed by atoms with Crippen LogP contribution >= 0.6 is 0 Å². The molecule has 0 aromatic heterocycles. The van der Waals surface area contributed by atoms with Crippen molar-refractivity contribution in [3.05, 3.63) is 47.5 Å². The lowest BCUT2D eigenvalue weighted by Gasteiger charge is -2.21. The molecule has 0 spiro atoms. The first kappa shape index (κ1) is 11.5. The Morgan fingerprint density at radius 1 is 1.27 bits per heavy atom. The second-order valence-electron chi connectivity index (χ2n) is 4.22. The van der Waals surface area contributed by atoms with E-state index in [1.54, 1.807) is 13.0 Å². The Labute approximate surface area is 90.3 Å². The molecular formula is C13H16O2. The van der Waals surface area contributed by atoms with E-state index in [1.807, 2.05) is 44.2 Å². The van der Waals surface area contributed by atoms with Gasteiger partial charge in [-0.2, -0.15) is 0 Å². The average molecular weight is 204 g/mol. The molecular weight excluding hydrogens is 188 g/mol. The summed E-state index contributed by atoms with van der Waals surface area (Å²) in [5, 5.41) is 8.82. The summed E-state index contributed by atoms with van der Waals surface area (Å²) in [6.45, 7) is 5.64. The maximum atomic E-state index is 10.7. The SMILES string of the molecule is CC(=CC(C)(C)c1ccccc1)C(=O)O. The van der Waals surface area contributed by atoms with Gasteiger partial charge in [-0.3, -0.25) is 0 Å². The summed E-state index contributed by atoms with van der Waals surface area (Å²) in [4.78, 5) is 10.7. The summed E-state index contributed by atoms with van der Waals surface area (Å²) in [5.41, 5.74) is 1.25. The van der Waals surface area contributed by atoms with Gasteiger partial charge in [-0.15, -0.1) is 0 Å². The summed E-state index contributed by atoms with van der Waals surface area (Å²) >= 11 is 0. The lowest BCUT2D eigenvalue weighted by atomic mass is 9.83. The third-order valence-electron chi connectivity index (χ3n) is 2.43. The molecule has 0 unspecified atom stereocenters. The number of rotatable bonds is 3. The Bertz CT molecular complexity index is 375. The highest BCUT2D eigenvalue weighted by Gasteiger charge is 2.18. The van der Waals surface area contributed by atoms with Gasteiger partial charge in [0.25, 0.3) is 0 Å². The predicted octanol–water partition coefficient (Wildman–Crippen LogP) is 3.00. The zero-order chi connectivity index (χ0) is 11.5. The van der Waals surface area contributed by atoms with Crippen LogP contribution in [0.25, 0.3) is 0 Å². The highest BCUT2D eigenvalue weighted by molar-refractivity contribution is 5.86. The molecule has 15 heavy (non-hydrogen) atoms. The van der Waals surface area contributed by atoms with E-state index in [-0.39, 0.29) is 5.41 Å². The molecule has 80 valence electrons. The first-order chi connectivity index (χ1) is 6.93. The molecule has 0 amide bonds. The van der Waals surface area contributed by atoms with E-state index in [0.29, 0.717) is 5.57 Å². The number of hydrogen-bond donors (Lipinski definition) is 1. The van der Waals surface area contributed by atoms with Crippen molar-refractivity contribution < 1.29 is 9.90 Å². The second kappa shape index (κ2) is 4.30. The Morgan fingerprint density at radius 3 is 2.27 bits per heavy atom. The fraction of sp³-hybridized carbons (Fsp3) is 0.308. The van der Waals surface area contributed by atoms with Gasteiger partial charge in [-0.05, 0) is 12.5 Å². The molecule has 1 N–H and O–H groups in total. The molecule has 0 fully saturated rings. The molecule has 0 heterocycles. The van der Waals surface area contributed by atoms with E-state index < -0.39 is 5.97 Å². The quantitative estimate of drug-likeness (QED) is 0.768. The van der Waals surface area contributed by atoms with Crippen LogP contribution in [0.1, 0.15) is 26.3 Å². The van der Waals surface area contributed by atoms with Gasteiger partial charge in [0.2, 0.25) is 0 Å². The van der Waals surface area contributed by atoms with Crippen LogP contribution in [-0.2, 0) is 10.2 Å². The Kier molecular flexibility index (Phi) is 3.30. The Hall–Kier alpha value is -1.57. The molecule has 0 atom stereocenters. The predicted molar refractivity (Wildman–Crippen MR) is 60.9 cm³/mol. The van der Waals surface area contributed by atoms with Crippen LogP contribution in [-0.4, -0.2) is 11.1 Å². The van der Waals surface area contributed by atoms with Gasteiger partial charge in [0.05, 0.1) is 0 Å². The van der Waals surface area contributed by atoms with Gasteiger partial charge in [0.1, 0.15) is 0 Å². The van der Waals surface area contributed by atoms with Crippen LogP contribution in [0.2, 0.25) is 0 Å². The van der Waals surface area contributed by atoms with Gasteiger partial charge in [-0.25, -0.2) is 4.79 Å². The average Bonchev–Trinajstić information content (AvgIpc) is 2.18. The van der Waals surface area contributed by atoms with Crippen molar-refractivity contribution in [3.8, 4) is 0 Å². The normalized spacial score (nSPS) is 12.6. The minimum Gasteiger partial charge on any atom is -0.478 e. The van der Waals surface area contributed by atoms with Crippen LogP contribution in [0.3, 0.4) is 0 Å². The number of hydrogen-bond acceptors (Lipinski definition) is 1. The minimum absolute atomic E-state index is 0.246. The Morgan fingerprint density at radius 2 is 1.80 bits per heavy atom. The van der Waals surface area contributed by atoms with Gasteiger partial charge >= 0.3 is 5.97 Å². The van der Waals surface area contributed by atoms with E-state index >= 15 is 0 Å². The van der Waals surface area contributed by atoms with Crippen molar-refractivity contribution in [3.63, 3.8) is 0 Å². The van der Waals surface area contributed by atoms with Crippen molar-refractivity contribution in [2.24, 2.45) is 0 Å². The number of aliphatic carboxylic acids is 1. The van der Waals surface area contributed by atoms with Gasteiger partial charge in [-0.1, -0.05) is 50.3 Å². The van der Waals surface area contributed by atoms with E-state index in [4.69, 9.17) is 5.11 Å². The van der Waals surface area contributed by atoms with E-state index in [9.17, 15) is 4.79 Å². The zero-order valence-electron chi connectivity index (χ0n) is 9.32. The van der Waals surface area contributed by atoms with Crippen LogP contribution < -0.4 is 0 Å². The maximum Gasteiger partial charge on any atom is 0.330 e. The third-order valence-corrected chi connectivity index (χ3v) is 2.43. The van der Waals surface area contributed by atoms with Gasteiger partial charge in [0, 0.05) is 11.0 Å². The fourth-order valence-electron chi connectivity index (χ4n) is 1.55. The number of benzene rings is 1. The van der Waals surface area contributed by atoms with Crippen molar-refractivity contribution in [2.75, 3.05) is 0 Å². The first-order valence-electron chi connectivity index (χ1n) is 4.92. The molecule has 0 saturated heterocycles. The zero-order valence-corrected chi connectivity index (χ0v) is 9.32. The van der Waals surface area contributed by atoms with Gasteiger partial charge < -0.3 is 5.11 Å². The molecule has 1 rings (SSSR count). The van der Waals surface area contributed by atoms with Crippen molar-refractivity contribution in [2.45, 2.75) is 26.2 Å². The standard InChI is InChI=1S/C13H16O2/c1-10(12(14)15)9-13(2,3)11-7-5-4-6-8-11/h4-9H,1-3H3,(H,14,15). The van der Waals surface area contributed by atoms with Gasteiger partial charge in [0.15, 0.2) is 0 Å². The summed E-state index contributed by atoms with van der Waals surface area (Å²) in [7, 11) is 0. The largest absolute Gasteiger partial charge is 0.478 e. The molecule has 1 aromatic carbocycles. The van der Waals surface area contributed by atoms with Crippen molar-refractivity contribution in [1.29, 1.82) is 0 Å². The summed E-state index contributed by atoms with van der Waals surface area (Å²) in [6, 6.07) is 9.88. The Balaban J connectivity index is 3.04. The summed E-state index contributed by atoms with van der Waals surface area (Å²) in [5.74, 6) is -0.862. The fourth-order valence-corrected chi connectivity index (χ4v) is 1.55. The molecule has 0 aliphatic rings. The third kappa shape index (κ3) is 2.94. The molecule has 0 aliphatic heterocycles. The summed E-state index contributed by atoms with van der Waals surface area (Å²) < 4.78 is 0. The first-order valence-corrected chi connectivity index (χ1v) is 4.92. The van der Waals surface area contributed by atoms with Crippen LogP contribution in [0.5, 0.6) is 0 Å². The lowest BCUT2D eigenvalue weighted by molar-refractivity contribution is -0.132. The van der Waals surface area contributed by atoms with Crippen LogP contribution in [0, 0.1) is 0 Å². The highest BCUT2D eigenvalue weighted by Crippen LogP contribution is 2.25. The van der Waals surface area contributed by atoms with Crippen molar-refractivity contribution >= 4 is 5.97 Å². The molecule has 0 bridgehead atoms.